The van der Waals surface area contributed by atoms with Gasteiger partial charge in [0.1, 0.15) is 4.88 Å². The molecule has 1 atom stereocenters. The smallest absolute Gasteiger partial charge is 0.349 e. The lowest BCUT2D eigenvalue weighted by Gasteiger charge is -2.37. The highest BCUT2D eigenvalue weighted by atomic mass is 32.1. The van der Waals surface area contributed by atoms with Gasteiger partial charge in [-0.15, -0.1) is 11.3 Å². The van der Waals surface area contributed by atoms with Crippen LogP contribution in [0.4, 0.5) is 5.69 Å². The predicted molar refractivity (Wildman–Crippen MR) is 116 cm³/mol. The van der Waals surface area contributed by atoms with E-state index in [0.717, 1.165) is 25.9 Å². The van der Waals surface area contributed by atoms with Gasteiger partial charge in [-0.3, -0.25) is 4.79 Å². The summed E-state index contributed by atoms with van der Waals surface area (Å²) in [4.78, 5) is 31.4. The number of nitrogens with zero attached hydrogens (tertiary/aromatic N) is 2. The van der Waals surface area contributed by atoms with Crippen molar-refractivity contribution in [3.05, 3.63) is 51.7 Å². The van der Waals surface area contributed by atoms with Gasteiger partial charge in [0.2, 0.25) is 0 Å². The Kier molecular flexibility index (Phi) is 6.19. The number of para-hydroxylation sites is 1. The molecule has 0 spiro atoms. The van der Waals surface area contributed by atoms with Crippen LogP contribution >= 0.6 is 11.3 Å². The number of esters is 1. The van der Waals surface area contributed by atoms with Crippen LogP contribution in [0, 0.1) is 0 Å². The van der Waals surface area contributed by atoms with E-state index in [-0.39, 0.29) is 11.9 Å². The molecule has 1 saturated heterocycles. The van der Waals surface area contributed by atoms with Crippen molar-refractivity contribution in [1.82, 2.24) is 4.90 Å². The second-order valence-electron chi connectivity index (χ2n) is 7.82. The highest BCUT2D eigenvalue weighted by molar-refractivity contribution is 7.14. The summed E-state index contributed by atoms with van der Waals surface area (Å²) in [6.45, 7) is 4.54. The molecule has 0 unspecified atom stereocenters. The number of hydrogen-bond donors (Lipinski definition) is 0. The molecule has 0 radical (unpaired) electrons. The van der Waals surface area contributed by atoms with Gasteiger partial charge in [-0.05, 0) is 56.4 Å². The van der Waals surface area contributed by atoms with Gasteiger partial charge in [0.25, 0.3) is 5.91 Å². The van der Waals surface area contributed by atoms with Crippen LogP contribution < -0.4 is 4.90 Å². The first-order chi connectivity index (χ1) is 14.1. The molecule has 1 aliphatic heterocycles. The van der Waals surface area contributed by atoms with Crippen LogP contribution in [-0.4, -0.2) is 49.1 Å². The topological polar surface area (TPSA) is 49.9 Å². The first-order valence-corrected chi connectivity index (χ1v) is 11.3. The van der Waals surface area contributed by atoms with Crippen LogP contribution in [0.25, 0.3) is 0 Å². The maximum Gasteiger partial charge on any atom is 0.349 e. The maximum atomic E-state index is 12.8. The van der Waals surface area contributed by atoms with Crippen molar-refractivity contribution in [1.29, 1.82) is 0 Å². The Labute approximate surface area is 176 Å². The molecule has 1 fully saturated rings. The average molecular weight is 413 g/mol. The quantitative estimate of drug-likeness (QED) is 0.564. The standard InChI is InChI=1S/C23H28N2O3S/c1-17(28-23(27)21-16-18-8-4-2-7-11-20(18)29-21)22(26)25-14-12-24(13-15-25)19-9-5-3-6-10-19/h3,5-6,9-10,16-17H,2,4,7-8,11-15H2,1H3/t17-/m0/s1. The van der Waals surface area contributed by atoms with Crippen molar-refractivity contribution in [3.63, 3.8) is 0 Å². The molecule has 4 rings (SSSR count). The van der Waals surface area contributed by atoms with Crippen LogP contribution in [0.5, 0.6) is 0 Å². The summed E-state index contributed by atoms with van der Waals surface area (Å²) in [5.41, 5.74) is 2.46. The van der Waals surface area contributed by atoms with Gasteiger partial charge in [0.15, 0.2) is 6.10 Å². The molecule has 2 heterocycles. The van der Waals surface area contributed by atoms with Gasteiger partial charge in [0.05, 0.1) is 0 Å². The van der Waals surface area contributed by atoms with E-state index >= 15 is 0 Å². The molecule has 6 heteroatoms. The number of piperazine rings is 1. The average Bonchev–Trinajstić information content (AvgIpc) is 3.04. The molecule has 1 aromatic heterocycles. The number of carbonyl (C=O) groups is 2. The fourth-order valence-electron chi connectivity index (χ4n) is 4.12. The fraction of sp³-hybridized carbons (Fsp3) is 0.478. The number of amides is 1. The molecule has 154 valence electrons. The van der Waals surface area contributed by atoms with Gasteiger partial charge in [-0.25, -0.2) is 4.79 Å². The van der Waals surface area contributed by atoms with E-state index in [1.54, 1.807) is 11.8 Å². The van der Waals surface area contributed by atoms with Gasteiger partial charge < -0.3 is 14.5 Å². The largest absolute Gasteiger partial charge is 0.448 e. The molecule has 0 bridgehead atoms. The summed E-state index contributed by atoms with van der Waals surface area (Å²) in [5.74, 6) is -0.476. The zero-order chi connectivity index (χ0) is 20.2. The van der Waals surface area contributed by atoms with Crippen molar-refractivity contribution in [2.75, 3.05) is 31.1 Å². The molecule has 0 saturated carbocycles. The molecule has 2 aliphatic rings. The van der Waals surface area contributed by atoms with E-state index in [9.17, 15) is 9.59 Å². The van der Waals surface area contributed by atoms with Gasteiger partial charge in [-0.1, -0.05) is 24.6 Å². The van der Waals surface area contributed by atoms with Gasteiger partial charge in [0, 0.05) is 36.7 Å². The minimum absolute atomic E-state index is 0.107. The summed E-state index contributed by atoms with van der Waals surface area (Å²) in [6.07, 6.45) is 4.96. The van der Waals surface area contributed by atoms with Crippen LogP contribution in [-0.2, 0) is 22.4 Å². The van der Waals surface area contributed by atoms with Gasteiger partial charge >= 0.3 is 5.97 Å². The minimum Gasteiger partial charge on any atom is -0.448 e. The number of ether oxygens (including phenoxy) is 1. The lowest BCUT2D eigenvalue weighted by molar-refractivity contribution is -0.140. The predicted octanol–water partition coefficient (Wildman–Crippen LogP) is 3.91. The first-order valence-electron chi connectivity index (χ1n) is 10.5. The van der Waals surface area contributed by atoms with Crippen molar-refractivity contribution >= 4 is 28.9 Å². The summed E-state index contributed by atoms with van der Waals surface area (Å²) >= 11 is 1.54. The first kappa shape index (κ1) is 20.0. The Balaban J connectivity index is 1.31. The lowest BCUT2D eigenvalue weighted by atomic mass is 10.1. The number of hydrogen-bond acceptors (Lipinski definition) is 5. The Morgan fingerprint density at radius 2 is 1.72 bits per heavy atom. The third kappa shape index (κ3) is 4.64. The Morgan fingerprint density at radius 1 is 1.00 bits per heavy atom. The number of carbonyl (C=O) groups excluding carboxylic acids is 2. The molecule has 29 heavy (non-hydrogen) atoms. The molecule has 1 aromatic carbocycles. The van der Waals surface area contributed by atoms with Crippen molar-refractivity contribution < 1.29 is 14.3 Å². The highest BCUT2D eigenvalue weighted by Crippen LogP contribution is 2.29. The van der Waals surface area contributed by atoms with E-state index in [0.29, 0.717) is 18.0 Å². The second kappa shape index (κ2) is 8.99. The molecule has 1 amide bonds. The number of anilines is 1. The SMILES string of the molecule is C[C@H](OC(=O)c1cc2c(s1)CCCCC2)C(=O)N1CCN(c2ccccc2)CC1. The number of thiophene rings is 1. The third-order valence-electron chi connectivity index (χ3n) is 5.79. The summed E-state index contributed by atoms with van der Waals surface area (Å²) in [6, 6.07) is 12.2. The van der Waals surface area contributed by atoms with Crippen molar-refractivity contribution in [2.24, 2.45) is 0 Å². The summed E-state index contributed by atoms with van der Waals surface area (Å²) in [7, 11) is 0. The molecule has 5 nitrogen and oxygen atoms in total. The zero-order valence-corrected chi connectivity index (χ0v) is 17.7. The third-order valence-corrected chi connectivity index (χ3v) is 7.01. The molecule has 2 aromatic rings. The maximum absolute atomic E-state index is 12.8. The van der Waals surface area contributed by atoms with Gasteiger partial charge in [-0.2, -0.15) is 0 Å². The number of aryl methyl sites for hydroxylation is 2. The Hall–Kier alpha value is -2.34. The van der Waals surface area contributed by atoms with E-state index in [4.69, 9.17) is 4.74 Å². The van der Waals surface area contributed by atoms with E-state index in [1.807, 2.05) is 24.3 Å². The number of fused-ring (bicyclic) bond motifs is 1. The van der Waals surface area contributed by atoms with Crippen molar-refractivity contribution in [3.8, 4) is 0 Å². The van der Waals surface area contributed by atoms with Crippen LogP contribution in [0.15, 0.2) is 36.4 Å². The Bertz CT molecular complexity index is 833. The van der Waals surface area contributed by atoms with E-state index in [2.05, 4.69) is 17.0 Å². The number of rotatable bonds is 4. The molecular weight excluding hydrogens is 384 g/mol. The van der Waals surface area contributed by atoms with Crippen LogP contribution in [0.3, 0.4) is 0 Å². The minimum atomic E-state index is -0.757. The van der Waals surface area contributed by atoms with E-state index < -0.39 is 6.10 Å². The summed E-state index contributed by atoms with van der Waals surface area (Å²) < 4.78 is 5.54. The summed E-state index contributed by atoms with van der Waals surface area (Å²) in [5, 5.41) is 0. The highest BCUT2D eigenvalue weighted by Gasteiger charge is 2.28. The monoisotopic (exact) mass is 412 g/mol. The number of benzene rings is 1. The normalized spacial score (nSPS) is 18.0. The molecular formula is C23H28N2O3S. The van der Waals surface area contributed by atoms with Crippen LogP contribution in [0.2, 0.25) is 0 Å². The zero-order valence-electron chi connectivity index (χ0n) is 16.9. The van der Waals surface area contributed by atoms with E-state index in [1.165, 1.54) is 46.7 Å². The van der Waals surface area contributed by atoms with Crippen LogP contribution in [0.1, 0.15) is 46.3 Å². The second-order valence-corrected chi connectivity index (χ2v) is 8.95. The fourth-order valence-corrected chi connectivity index (χ4v) is 5.25. The van der Waals surface area contributed by atoms with Crippen molar-refractivity contribution in [2.45, 2.75) is 45.1 Å². The Morgan fingerprint density at radius 3 is 2.48 bits per heavy atom. The molecule has 1 aliphatic carbocycles. The molecule has 0 N–H and O–H groups in total. The lowest BCUT2D eigenvalue weighted by Crippen LogP contribution is -2.51.